The second-order valence-corrected chi connectivity index (χ2v) is 8.86. The molecule has 3 aromatic rings. The van der Waals surface area contributed by atoms with Crippen molar-refractivity contribution in [2.75, 3.05) is 23.3 Å². The van der Waals surface area contributed by atoms with Crippen LogP contribution in [-0.2, 0) is 22.6 Å². The van der Waals surface area contributed by atoms with E-state index in [0.717, 1.165) is 47.7 Å². The summed E-state index contributed by atoms with van der Waals surface area (Å²) in [6, 6.07) is 18.3. The largest absolute Gasteiger partial charge is 0.355 e. The van der Waals surface area contributed by atoms with E-state index in [0.29, 0.717) is 19.6 Å². The van der Waals surface area contributed by atoms with Crippen molar-refractivity contribution in [2.24, 2.45) is 5.92 Å². The third-order valence-corrected chi connectivity index (χ3v) is 6.40. The van der Waals surface area contributed by atoms with E-state index in [4.69, 9.17) is 5.10 Å². The zero-order valence-electron chi connectivity index (χ0n) is 20.2. The fourth-order valence-corrected chi connectivity index (χ4v) is 4.46. The van der Waals surface area contributed by atoms with Crippen LogP contribution in [-0.4, -0.2) is 34.7 Å². The Bertz CT molecular complexity index is 1130. The van der Waals surface area contributed by atoms with E-state index in [1.54, 1.807) is 0 Å². The summed E-state index contributed by atoms with van der Waals surface area (Å²) in [6.07, 6.45) is 2.51. The van der Waals surface area contributed by atoms with E-state index < -0.39 is 0 Å². The third-order valence-electron chi connectivity index (χ3n) is 6.40. The molecule has 0 atom stereocenters. The predicted molar refractivity (Wildman–Crippen MR) is 135 cm³/mol. The van der Waals surface area contributed by atoms with Gasteiger partial charge in [0.25, 0.3) is 0 Å². The fourth-order valence-electron chi connectivity index (χ4n) is 4.46. The number of nitrogens with zero attached hydrogens (tertiary/aromatic N) is 3. The summed E-state index contributed by atoms with van der Waals surface area (Å²) in [7, 11) is 0. The van der Waals surface area contributed by atoms with Gasteiger partial charge in [-0.3, -0.25) is 9.59 Å². The molecule has 2 N–H and O–H groups in total. The van der Waals surface area contributed by atoms with Crippen molar-refractivity contribution in [3.63, 3.8) is 0 Å². The number of carbonyl (C=O) groups is 2. The molecule has 1 aliphatic rings. The van der Waals surface area contributed by atoms with Crippen LogP contribution in [0.15, 0.2) is 54.6 Å². The Morgan fingerprint density at radius 1 is 1.00 bits per heavy atom. The maximum Gasteiger partial charge on any atom is 0.223 e. The first-order chi connectivity index (χ1) is 16.5. The molecule has 2 aromatic carbocycles. The molecular weight excluding hydrogens is 426 g/mol. The lowest BCUT2D eigenvalue weighted by Crippen LogP contribution is -2.41. The molecule has 0 radical (unpaired) electrons. The zero-order chi connectivity index (χ0) is 24.1. The van der Waals surface area contributed by atoms with Crippen molar-refractivity contribution >= 4 is 23.3 Å². The lowest BCUT2D eigenvalue weighted by molar-refractivity contribution is -0.125. The maximum atomic E-state index is 12.8. The van der Waals surface area contributed by atoms with Gasteiger partial charge < -0.3 is 15.5 Å². The van der Waals surface area contributed by atoms with Gasteiger partial charge in [0.05, 0.1) is 11.4 Å². The van der Waals surface area contributed by atoms with Gasteiger partial charge in [-0.2, -0.15) is 5.10 Å². The van der Waals surface area contributed by atoms with Gasteiger partial charge in [-0.25, -0.2) is 4.68 Å². The third kappa shape index (κ3) is 5.30. The van der Waals surface area contributed by atoms with Crippen LogP contribution in [0.5, 0.6) is 0 Å². The lowest BCUT2D eigenvalue weighted by Gasteiger charge is -2.33. The van der Waals surface area contributed by atoms with E-state index in [-0.39, 0.29) is 17.7 Å². The van der Waals surface area contributed by atoms with E-state index in [2.05, 4.69) is 46.7 Å². The number of benzene rings is 2. The molecule has 1 aromatic heterocycles. The van der Waals surface area contributed by atoms with Gasteiger partial charge in [-0.15, -0.1) is 0 Å². The van der Waals surface area contributed by atoms with Crippen LogP contribution in [0.1, 0.15) is 43.5 Å². The van der Waals surface area contributed by atoms with Crippen molar-refractivity contribution < 1.29 is 9.59 Å². The summed E-state index contributed by atoms with van der Waals surface area (Å²) in [5.41, 5.74) is 4.85. The number of hydrogen-bond donors (Lipinski definition) is 2. The van der Waals surface area contributed by atoms with Crippen LogP contribution in [0.2, 0.25) is 0 Å². The Labute approximate surface area is 201 Å². The predicted octanol–water partition coefficient (Wildman–Crippen LogP) is 4.23. The fraction of sp³-hybridized carbons (Fsp3) is 0.370. The van der Waals surface area contributed by atoms with E-state index in [1.807, 2.05) is 41.9 Å². The standard InChI is InChI=1S/C27H33N5O2/c1-4-21-10-12-22(13-11-21)18-28-26(34)23-14-16-31(17-15-23)27-25(29-20(3)33)19(2)30-32(27)24-8-6-5-7-9-24/h5-13,23H,4,14-18H2,1-3H3,(H,28,34)(H,29,33). The monoisotopic (exact) mass is 459 g/mol. The highest BCUT2D eigenvalue weighted by molar-refractivity contribution is 5.93. The highest BCUT2D eigenvalue weighted by Gasteiger charge is 2.29. The number of aromatic nitrogens is 2. The van der Waals surface area contributed by atoms with Crippen molar-refractivity contribution in [2.45, 2.75) is 46.6 Å². The van der Waals surface area contributed by atoms with E-state index in [1.165, 1.54) is 12.5 Å². The summed E-state index contributed by atoms with van der Waals surface area (Å²) in [5.74, 6) is 0.825. The number of para-hydroxylation sites is 1. The molecule has 7 heteroatoms. The number of nitrogens with one attached hydrogen (secondary N) is 2. The molecule has 0 saturated carbocycles. The summed E-state index contributed by atoms with van der Waals surface area (Å²) < 4.78 is 1.89. The van der Waals surface area contributed by atoms with Gasteiger partial charge >= 0.3 is 0 Å². The summed E-state index contributed by atoms with van der Waals surface area (Å²) >= 11 is 0. The van der Waals surface area contributed by atoms with Crippen LogP contribution in [0, 0.1) is 12.8 Å². The van der Waals surface area contributed by atoms with Crippen LogP contribution in [0.25, 0.3) is 5.69 Å². The highest BCUT2D eigenvalue weighted by Crippen LogP contribution is 2.34. The highest BCUT2D eigenvalue weighted by atomic mass is 16.2. The topological polar surface area (TPSA) is 79.3 Å². The summed E-state index contributed by atoms with van der Waals surface area (Å²) in [5, 5.41) is 10.8. The molecule has 1 aliphatic heterocycles. The minimum atomic E-state index is -0.127. The van der Waals surface area contributed by atoms with Gasteiger partial charge in [0.15, 0.2) is 5.82 Å². The molecule has 7 nitrogen and oxygen atoms in total. The Balaban J connectivity index is 1.44. The molecule has 1 saturated heterocycles. The molecule has 0 aliphatic carbocycles. The number of aryl methyl sites for hydroxylation is 2. The Morgan fingerprint density at radius 3 is 2.26 bits per heavy atom. The van der Waals surface area contributed by atoms with E-state index >= 15 is 0 Å². The maximum absolute atomic E-state index is 12.8. The van der Waals surface area contributed by atoms with Gasteiger partial charge in [-0.05, 0) is 49.4 Å². The number of amides is 2. The molecule has 0 spiro atoms. The van der Waals surface area contributed by atoms with Gasteiger partial charge in [0, 0.05) is 32.5 Å². The molecule has 2 amide bonds. The van der Waals surface area contributed by atoms with Crippen LogP contribution in [0.3, 0.4) is 0 Å². The Hall–Kier alpha value is -3.61. The van der Waals surface area contributed by atoms with Crippen molar-refractivity contribution in [1.82, 2.24) is 15.1 Å². The number of hydrogen-bond acceptors (Lipinski definition) is 4. The van der Waals surface area contributed by atoms with Gasteiger partial charge in [0.2, 0.25) is 11.8 Å². The SMILES string of the molecule is CCc1ccc(CNC(=O)C2CCN(c3c(NC(C)=O)c(C)nn3-c3ccccc3)CC2)cc1. The normalized spacial score (nSPS) is 14.1. The average Bonchev–Trinajstić information content (AvgIpc) is 3.18. The summed E-state index contributed by atoms with van der Waals surface area (Å²) in [4.78, 5) is 27.0. The van der Waals surface area contributed by atoms with Crippen molar-refractivity contribution in [1.29, 1.82) is 0 Å². The average molecular weight is 460 g/mol. The van der Waals surface area contributed by atoms with Crippen LogP contribution in [0.4, 0.5) is 11.5 Å². The van der Waals surface area contributed by atoms with Crippen molar-refractivity contribution in [3.05, 3.63) is 71.4 Å². The minimum Gasteiger partial charge on any atom is -0.355 e. The zero-order valence-corrected chi connectivity index (χ0v) is 20.2. The Morgan fingerprint density at radius 2 is 1.65 bits per heavy atom. The molecule has 0 bridgehead atoms. The number of anilines is 2. The van der Waals surface area contributed by atoms with E-state index in [9.17, 15) is 9.59 Å². The molecule has 2 heterocycles. The number of rotatable bonds is 7. The quantitative estimate of drug-likeness (QED) is 0.554. The van der Waals surface area contributed by atoms with Gasteiger partial charge in [0.1, 0.15) is 5.69 Å². The Kier molecular flexibility index (Phi) is 7.30. The second kappa shape index (κ2) is 10.5. The molecule has 0 unspecified atom stereocenters. The second-order valence-electron chi connectivity index (χ2n) is 8.86. The lowest BCUT2D eigenvalue weighted by atomic mass is 9.95. The molecule has 1 fully saturated rings. The van der Waals surface area contributed by atoms with Crippen molar-refractivity contribution in [3.8, 4) is 5.69 Å². The molecule has 4 rings (SSSR count). The molecule has 178 valence electrons. The first kappa shape index (κ1) is 23.5. The molecule has 34 heavy (non-hydrogen) atoms. The van der Waals surface area contributed by atoms with Crippen LogP contribution >= 0.6 is 0 Å². The van der Waals surface area contributed by atoms with Gasteiger partial charge in [-0.1, -0.05) is 49.4 Å². The number of carbonyl (C=O) groups excluding carboxylic acids is 2. The first-order valence-electron chi connectivity index (χ1n) is 12.0. The minimum absolute atomic E-state index is 0.0235. The number of piperidine rings is 1. The molecular formula is C27H33N5O2. The smallest absolute Gasteiger partial charge is 0.223 e. The first-order valence-corrected chi connectivity index (χ1v) is 12.0. The summed E-state index contributed by atoms with van der Waals surface area (Å²) in [6.45, 7) is 7.53. The van der Waals surface area contributed by atoms with Crippen LogP contribution < -0.4 is 15.5 Å².